The molecule has 7 heteroatoms. The number of ether oxygens (including phenoxy) is 1. The summed E-state index contributed by atoms with van der Waals surface area (Å²) in [5.41, 5.74) is 0.853. The van der Waals surface area contributed by atoms with Crippen molar-refractivity contribution < 1.29 is 19.1 Å². The summed E-state index contributed by atoms with van der Waals surface area (Å²) in [7, 11) is 0. The van der Waals surface area contributed by atoms with Gasteiger partial charge in [0.15, 0.2) is 6.04 Å². The molecule has 0 saturated carbocycles. The van der Waals surface area contributed by atoms with Gasteiger partial charge in [-0.1, -0.05) is 30.3 Å². The predicted octanol–water partition coefficient (Wildman–Crippen LogP) is 0.516. The lowest BCUT2D eigenvalue weighted by Gasteiger charge is -2.44. The highest BCUT2D eigenvalue weighted by molar-refractivity contribution is 7.81. The Labute approximate surface area is 139 Å². The summed E-state index contributed by atoms with van der Waals surface area (Å²) in [6, 6.07) is 7.69. The lowest BCUT2D eigenvalue weighted by Crippen LogP contribution is -2.72. The first-order valence-corrected chi connectivity index (χ1v) is 7.82. The Bertz CT molecular complexity index is 656. The van der Waals surface area contributed by atoms with Crippen molar-refractivity contribution >= 4 is 30.4 Å². The molecule has 0 aromatic heterocycles. The fourth-order valence-corrected chi connectivity index (χ4v) is 3.18. The number of hydrogen-bond donors (Lipinski definition) is 2. The summed E-state index contributed by atoms with van der Waals surface area (Å²) in [6.45, 7) is 3.50. The highest BCUT2D eigenvalue weighted by atomic mass is 32.1. The SMILES string of the molecule is CC(C)(S)[C@@H]1C(=O)O[C@H]2[C@H](NC(=O)Cc3ccccc3)C(=O)N12. The van der Waals surface area contributed by atoms with E-state index < -0.39 is 29.0 Å². The number of nitrogens with zero attached hydrogens (tertiary/aromatic N) is 1. The molecule has 1 aromatic carbocycles. The number of nitrogens with one attached hydrogen (secondary N) is 1. The van der Waals surface area contributed by atoms with E-state index >= 15 is 0 Å². The summed E-state index contributed by atoms with van der Waals surface area (Å²) >= 11 is 4.37. The fraction of sp³-hybridized carbons (Fsp3) is 0.438. The van der Waals surface area contributed by atoms with E-state index in [-0.39, 0.29) is 18.2 Å². The van der Waals surface area contributed by atoms with E-state index in [2.05, 4.69) is 17.9 Å². The lowest BCUT2D eigenvalue weighted by molar-refractivity contribution is -0.169. The minimum absolute atomic E-state index is 0.173. The average Bonchev–Trinajstić information content (AvgIpc) is 2.80. The second-order valence-corrected chi connectivity index (χ2v) is 7.49. The Morgan fingerprint density at radius 2 is 1.96 bits per heavy atom. The standard InChI is InChI=1S/C16H18N2O4S/c1-16(2,23)12-15(21)22-14-11(13(20)18(12)14)17-10(19)8-9-6-4-3-5-7-9/h3-7,11-12,14,23H,8H2,1-2H3,(H,17,19)/t11-,12+,14+/m1/s1. The Balaban J connectivity index is 1.65. The van der Waals surface area contributed by atoms with Gasteiger partial charge >= 0.3 is 5.97 Å². The van der Waals surface area contributed by atoms with Gasteiger partial charge in [-0.15, -0.1) is 0 Å². The molecule has 122 valence electrons. The van der Waals surface area contributed by atoms with E-state index in [1.165, 1.54) is 4.90 Å². The van der Waals surface area contributed by atoms with E-state index in [9.17, 15) is 14.4 Å². The van der Waals surface area contributed by atoms with Crippen LogP contribution in [0.5, 0.6) is 0 Å². The molecule has 0 unspecified atom stereocenters. The van der Waals surface area contributed by atoms with E-state index in [1.54, 1.807) is 13.8 Å². The van der Waals surface area contributed by atoms with Crippen LogP contribution in [0.15, 0.2) is 30.3 Å². The van der Waals surface area contributed by atoms with Gasteiger partial charge in [-0.3, -0.25) is 14.5 Å². The number of carbonyl (C=O) groups excluding carboxylic acids is 3. The Morgan fingerprint density at radius 3 is 2.57 bits per heavy atom. The van der Waals surface area contributed by atoms with Gasteiger partial charge in [-0.25, -0.2) is 4.79 Å². The third-order valence-corrected chi connectivity index (χ3v) is 4.26. The Hall–Kier alpha value is -2.02. The topological polar surface area (TPSA) is 75.7 Å². The summed E-state index contributed by atoms with van der Waals surface area (Å²) in [5, 5.41) is 2.65. The minimum Gasteiger partial charge on any atom is -0.437 e. The number of thiol groups is 1. The molecule has 2 heterocycles. The van der Waals surface area contributed by atoms with Gasteiger partial charge < -0.3 is 10.1 Å². The van der Waals surface area contributed by atoms with Crippen LogP contribution in [0.1, 0.15) is 19.4 Å². The highest BCUT2D eigenvalue weighted by Crippen LogP contribution is 2.38. The summed E-state index contributed by atoms with van der Waals surface area (Å²) in [6.07, 6.45) is -0.557. The van der Waals surface area contributed by atoms with Gasteiger partial charge in [0.2, 0.25) is 12.1 Å². The normalized spacial score (nSPS) is 26.4. The first-order valence-electron chi connectivity index (χ1n) is 7.37. The molecule has 1 N–H and O–H groups in total. The van der Waals surface area contributed by atoms with Crippen molar-refractivity contribution in [1.82, 2.24) is 10.2 Å². The number of hydrogen-bond acceptors (Lipinski definition) is 5. The molecule has 2 aliphatic heterocycles. The highest BCUT2D eigenvalue weighted by Gasteiger charge is 2.63. The third-order valence-electron chi connectivity index (χ3n) is 4.01. The molecule has 0 aliphatic carbocycles. The minimum atomic E-state index is -0.809. The molecule has 2 saturated heterocycles. The van der Waals surface area contributed by atoms with Gasteiger partial charge in [0.05, 0.1) is 6.42 Å². The summed E-state index contributed by atoms with van der Waals surface area (Å²) in [4.78, 5) is 37.7. The smallest absolute Gasteiger partial charge is 0.332 e. The number of carbonyl (C=O) groups is 3. The molecule has 0 radical (unpaired) electrons. The van der Waals surface area contributed by atoms with E-state index in [0.29, 0.717) is 0 Å². The van der Waals surface area contributed by atoms with Crippen molar-refractivity contribution in [1.29, 1.82) is 0 Å². The number of β-lactam (4-membered cyclic amide) rings is 1. The zero-order valence-electron chi connectivity index (χ0n) is 12.9. The molecule has 3 atom stereocenters. The fourth-order valence-electron chi connectivity index (χ4n) is 2.95. The van der Waals surface area contributed by atoms with Crippen molar-refractivity contribution in [2.75, 3.05) is 0 Å². The number of fused-ring (bicyclic) bond motifs is 1. The van der Waals surface area contributed by atoms with E-state index in [0.717, 1.165) is 5.56 Å². The van der Waals surface area contributed by atoms with Crippen molar-refractivity contribution in [3.05, 3.63) is 35.9 Å². The Kier molecular flexibility index (Phi) is 3.83. The maximum absolute atomic E-state index is 12.3. The van der Waals surface area contributed by atoms with Crippen LogP contribution in [0.2, 0.25) is 0 Å². The molecule has 2 amide bonds. The van der Waals surface area contributed by atoms with Crippen molar-refractivity contribution in [3.8, 4) is 0 Å². The molecule has 3 rings (SSSR count). The second-order valence-electron chi connectivity index (χ2n) is 6.34. The van der Waals surface area contributed by atoms with Crippen LogP contribution < -0.4 is 5.32 Å². The molecule has 0 spiro atoms. The monoisotopic (exact) mass is 334 g/mol. The van der Waals surface area contributed by atoms with Crippen LogP contribution in [0.4, 0.5) is 0 Å². The largest absolute Gasteiger partial charge is 0.437 e. The van der Waals surface area contributed by atoms with Gasteiger partial charge in [0.25, 0.3) is 5.91 Å². The summed E-state index contributed by atoms with van der Waals surface area (Å²) in [5.74, 6) is -1.07. The van der Waals surface area contributed by atoms with Crippen LogP contribution in [0.25, 0.3) is 0 Å². The average molecular weight is 334 g/mol. The lowest BCUT2D eigenvalue weighted by atomic mass is 9.96. The Morgan fingerprint density at radius 1 is 1.30 bits per heavy atom. The molecule has 0 bridgehead atoms. The van der Waals surface area contributed by atoms with Gasteiger partial charge in [0.1, 0.15) is 6.04 Å². The quantitative estimate of drug-likeness (QED) is 0.478. The van der Waals surface area contributed by atoms with Crippen LogP contribution in [0.3, 0.4) is 0 Å². The molecule has 2 aliphatic rings. The van der Waals surface area contributed by atoms with Crippen molar-refractivity contribution in [2.45, 2.75) is 43.3 Å². The first-order chi connectivity index (χ1) is 10.8. The molecular weight excluding hydrogens is 316 g/mol. The molecule has 6 nitrogen and oxygen atoms in total. The zero-order valence-corrected chi connectivity index (χ0v) is 13.7. The molecule has 2 fully saturated rings. The second kappa shape index (κ2) is 5.56. The molecule has 1 aromatic rings. The van der Waals surface area contributed by atoms with Gasteiger partial charge in [-0.2, -0.15) is 12.6 Å². The molecular formula is C16H18N2O4S. The number of rotatable bonds is 4. The van der Waals surface area contributed by atoms with E-state index in [4.69, 9.17) is 4.74 Å². The maximum Gasteiger partial charge on any atom is 0.332 e. The zero-order chi connectivity index (χ0) is 16.8. The van der Waals surface area contributed by atoms with Crippen LogP contribution >= 0.6 is 12.6 Å². The number of esters is 1. The van der Waals surface area contributed by atoms with Gasteiger partial charge in [-0.05, 0) is 19.4 Å². The number of benzene rings is 1. The first kappa shape index (κ1) is 15.9. The maximum atomic E-state index is 12.3. The van der Waals surface area contributed by atoms with E-state index in [1.807, 2.05) is 30.3 Å². The summed E-state index contributed by atoms with van der Waals surface area (Å²) < 4.78 is 4.53. The third kappa shape index (κ3) is 2.81. The van der Waals surface area contributed by atoms with Crippen LogP contribution in [-0.4, -0.2) is 45.7 Å². The van der Waals surface area contributed by atoms with Crippen LogP contribution in [-0.2, 0) is 25.5 Å². The molecule has 23 heavy (non-hydrogen) atoms. The van der Waals surface area contributed by atoms with Crippen molar-refractivity contribution in [2.24, 2.45) is 0 Å². The number of amides is 2. The predicted molar refractivity (Wildman–Crippen MR) is 85.7 cm³/mol. The van der Waals surface area contributed by atoms with Gasteiger partial charge in [0, 0.05) is 4.75 Å². The van der Waals surface area contributed by atoms with Crippen LogP contribution in [0, 0.1) is 0 Å². The van der Waals surface area contributed by atoms with Crippen molar-refractivity contribution in [3.63, 3.8) is 0 Å².